The zero-order valence-corrected chi connectivity index (χ0v) is 10.3. The molecule has 2 N–H and O–H groups in total. The topological polar surface area (TPSA) is 79.8 Å². The van der Waals surface area contributed by atoms with Crippen molar-refractivity contribution in [1.82, 2.24) is 20.3 Å². The van der Waals surface area contributed by atoms with Crippen LogP contribution in [0.25, 0.3) is 0 Å². The minimum absolute atomic E-state index is 0.106. The first kappa shape index (κ1) is 12.3. The van der Waals surface area contributed by atoms with Gasteiger partial charge in [-0.3, -0.25) is 4.79 Å². The summed E-state index contributed by atoms with van der Waals surface area (Å²) in [5.74, 6) is 0.163. The average Bonchev–Trinajstić information content (AvgIpc) is 2.38. The van der Waals surface area contributed by atoms with Crippen LogP contribution in [-0.2, 0) is 0 Å². The Balaban J connectivity index is 2.22. The molecule has 0 unspecified atom stereocenters. The lowest BCUT2D eigenvalue weighted by Gasteiger charge is -2.06. The van der Waals surface area contributed by atoms with Crippen LogP contribution < -0.4 is 10.6 Å². The molecule has 7 heteroatoms. The molecule has 2 rings (SSSR count). The van der Waals surface area contributed by atoms with Gasteiger partial charge in [-0.1, -0.05) is 6.07 Å². The highest BCUT2D eigenvalue weighted by Crippen LogP contribution is 2.15. The molecule has 0 aliphatic heterocycles. The standard InChI is InChI=1S/C11H10ClN5O/c1-13-9(18)7-3-2-4-8(5-7)16-11-15-6-14-10(12)17-11/h2-6H,1H3,(H,13,18)(H,14,15,16,17). The van der Waals surface area contributed by atoms with Crippen LogP contribution in [0.5, 0.6) is 0 Å². The van der Waals surface area contributed by atoms with Crippen molar-refractivity contribution in [2.24, 2.45) is 0 Å². The highest BCUT2D eigenvalue weighted by atomic mass is 35.5. The van der Waals surface area contributed by atoms with Gasteiger partial charge in [0.25, 0.3) is 5.91 Å². The second kappa shape index (κ2) is 5.42. The molecule has 2 aromatic rings. The number of benzene rings is 1. The average molecular weight is 264 g/mol. The molecule has 0 spiro atoms. The zero-order valence-electron chi connectivity index (χ0n) is 9.51. The second-order valence-corrected chi connectivity index (χ2v) is 3.70. The molecule has 0 atom stereocenters. The molecular weight excluding hydrogens is 254 g/mol. The first-order valence-corrected chi connectivity index (χ1v) is 5.50. The van der Waals surface area contributed by atoms with Crippen LogP contribution in [0, 0.1) is 0 Å². The van der Waals surface area contributed by atoms with Gasteiger partial charge in [-0.25, -0.2) is 9.97 Å². The van der Waals surface area contributed by atoms with Gasteiger partial charge in [-0.2, -0.15) is 4.98 Å². The van der Waals surface area contributed by atoms with Gasteiger partial charge in [0.1, 0.15) is 6.33 Å². The van der Waals surface area contributed by atoms with E-state index in [0.29, 0.717) is 17.2 Å². The Kier molecular flexibility index (Phi) is 3.69. The summed E-state index contributed by atoms with van der Waals surface area (Å²) in [6.07, 6.45) is 1.31. The Morgan fingerprint density at radius 2 is 2.17 bits per heavy atom. The van der Waals surface area contributed by atoms with E-state index in [1.807, 2.05) is 0 Å². The van der Waals surface area contributed by atoms with Crippen molar-refractivity contribution >= 4 is 29.1 Å². The van der Waals surface area contributed by atoms with Crippen molar-refractivity contribution < 1.29 is 4.79 Å². The third kappa shape index (κ3) is 2.92. The predicted octanol–water partition coefficient (Wildman–Crippen LogP) is 1.63. The van der Waals surface area contributed by atoms with Crippen LogP contribution in [0.3, 0.4) is 0 Å². The van der Waals surface area contributed by atoms with Crippen LogP contribution >= 0.6 is 11.6 Å². The number of hydrogen-bond donors (Lipinski definition) is 2. The second-order valence-electron chi connectivity index (χ2n) is 3.36. The van der Waals surface area contributed by atoms with Crippen LogP contribution in [0.2, 0.25) is 5.28 Å². The van der Waals surface area contributed by atoms with Crippen LogP contribution in [0.4, 0.5) is 11.6 Å². The van der Waals surface area contributed by atoms with Gasteiger partial charge >= 0.3 is 0 Å². The maximum absolute atomic E-state index is 11.5. The minimum Gasteiger partial charge on any atom is -0.355 e. The molecule has 0 fully saturated rings. The predicted molar refractivity (Wildman–Crippen MR) is 68.0 cm³/mol. The summed E-state index contributed by atoms with van der Waals surface area (Å²) in [5, 5.41) is 5.60. The molecule has 92 valence electrons. The smallest absolute Gasteiger partial charge is 0.251 e. The van der Waals surface area contributed by atoms with Gasteiger partial charge in [0, 0.05) is 18.3 Å². The molecule has 1 aromatic carbocycles. The summed E-state index contributed by atoms with van der Waals surface area (Å²) >= 11 is 5.65. The lowest BCUT2D eigenvalue weighted by Crippen LogP contribution is -2.17. The number of carbonyl (C=O) groups is 1. The van der Waals surface area contributed by atoms with E-state index in [1.54, 1.807) is 31.3 Å². The molecule has 0 saturated carbocycles. The molecule has 0 aliphatic rings. The molecule has 0 saturated heterocycles. The summed E-state index contributed by atoms with van der Waals surface area (Å²) in [6, 6.07) is 6.96. The maximum Gasteiger partial charge on any atom is 0.251 e. The normalized spacial score (nSPS) is 9.89. The van der Waals surface area contributed by atoms with E-state index in [2.05, 4.69) is 25.6 Å². The molecule has 1 heterocycles. The quantitative estimate of drug-likeness (QED) is 0.880. The fourth-order valence-electron chi connectivity index (χ4n) is 1.35. The summed E-state index contributed by atoms with van der Waals surface area (Å²) < 4.78 is 0. The number of aromatic nitrogens is 3. The molecule has 1 aromatic heterocycles. The number of nitrogens with one attached hydrogen (secondary N) is 2. The number of amides is 1. The van der Waals surface area contributed by atoms with Crippen molar-refractivity contribution in [3.8, 4) is 0 Å². The maximum atomic E-state index is 11.5. The van der Waals surface area contributed by atoms with Gasteiger partial charge in [0.2, 0.25) is 11.2 Å². The molecule has 0 bridgehead atoms. The van der Waals surface area contributed by atoms with Crippen LogP contribution in [0.1, 0.15) is 10.4 Å². The Morgan fingerprint density at radius 3 is 2.89 bits per heavy atom. The van der Waals surface area contributed by atoms with E-state index in [4.69, 9.17) is 11.6 Å². The van der Waals surface area contributed by atoms with E-state index in [0.717, 1.165) is 0 Å². The molecule has 18 heavy (non-hydrogen) atoms. The van der Waals surface area contributed by atoms with E-state index in [-0.39, 0.29) is 11.2 Å². The largest absolute Gasteiger partial charge is 0.355 e. The summed E-state index contributed by atoms with van der Waals surface area (Å²) in [4.78, 5) is 23.0. The highest BCUT2D eigenvalue weighted by Gasteiger charge is 2.04. The number of halogens is 1. The number of rotatable bonds is 3. The highest BCUT2D eigenvalue weighted by molar-refractivity contribution is 6.28. The minimum atomic E-state index is -0.160. The lowest BCUT2D eigenvalue weighted by molar-refractivity contribution is 0.0963. The van der Waals surface area contributed by atoms with Gasteiger partial charge in [-0.15, -0.1) is 0 Å². The van der Waals surface area contributed by atoms with Gasteiger partial charge in [0.15, 0.2) is 0 Å². The first-order chi connectivity index (χ1) is 8.69. The van der Waals surface area contributed by atoms with E-state index in [1.165, 1.54) is 6.33 Å². The van der Waals surface area contributed by atoms with Crippen molar-refractivity contribution in [3.05, 3.63) is 41.4 Å². The monoisotopic (exact) mass is 263 g/mol. The van der Waals surface area contributed by atoms with Gasteiger partial charge in [-0.05, 0) is 29.8 Å². The summed E-state index contributed by atoms with van der Waals surface area (Å²) in [5.41, 5.74) is 1.24. The fourth-order valence-corrected chi connectivity index (χ4v) is 1.47. The Hall–Kier alpha value is -2.21. The molecule has 1 amide bonds. The fraction of sp³-hybridized carbons (Fsp3) is 0.0909. The van der Waals surface area contributed by atoms with Crippen molar-refractivity contribution in [2.45, 2.75) is 0 Å². The first-order valence-electron chi connectivity index (χ1n) is 5.13. The summed E-state index contributed by atoms with van der Waals surface area (Å²) in [7, 11) is 1.58. The van der Waals surface area contributed by atoms with E-state index in [9.17, 15) is 4.79 Å². The Labute approximate surface area is 108 Å². The third-order valence-corrected chi connectivity index (χ3v) is 2.33. The molecular formula is C11H10ClN5O. The molecule has 0 aliphatic carbocycles. The van der Waals surface area contributed by atoms with Crippen LogP contribution in [-0.4, -0.2) is 27.9 Å². The number of nitrogens with zero attached hydrogens (tertiary/aromatic N) is 3. The third-order valence-electron chi connectivity index (χ3n) is 2.15. The number of anilines is 2. The van der Waals surface area contributed by atoms with Crippen molar-refractivity contribution in [3.63, 3.8) is 0 Å². The van der Waals surface area contributed by atoms with E-state index < -0.39 is 0 Å². The zero-order chi connectivity index (χ0) is 13.0. The van der Waals surface area contributed by atoms with Gasteiger partial charge in [0.05, 0.1) is 0 Å². The van der Waals surface area contributed by atoms with Crippen molar-refractivity contribution in [2.75, 3.05) is 12.4 Å². The van der Waals surface area contributed by atoms with Gasteiger partial charge < -0.3 is 10.6 Å². The SMILES string of the molecule is CNC(=O)c1cccc(Nc2ncnc(Cl)n2)c1. The van der Waals surface area contributed by atoms with Crippen molar-refractivity contribution in [1.29, 1.82) is 0 Å². The molecule has 0 radical (unpaired) electrons. The Morgan fingerprint density at radius 1 is 1.33 bits per heavy atom. The molecule has 6 nitrogen and oxygen atoms in total. The number of carbonyl (C=O) groups excluding carboxylic acids is 1. The summed E-state index contributed by atoms with van der Waals surface area (Å²) in [6.45, 7) is 0. The van der Waals surface area contributed by atoms with Crippen LogP contribution in [0.15, 0.2) is 30.6 Å². The number of hydrogen-bond acceptors (Lipinski definition) is 5. The Bertz CT molecular complexity index is 575. The lowest BCUT2D eigenvalue weighted by atomic mass is 10.2. The van der Waals surface area contributed by atoms with E-state index >= 15 is 0 Å².